The van der Waals surface area contributed by atoms with Crippen LogP contribution in [0.2, 0.25) is 0 Å². The summed E-state index contributed by atoms with van der Waals surface area (Å²) in [4.78, 5) is 16.2. The average molecular weight is 463 g/mol. The number of aromatic hydroxyl groups is 1. The maximum Gasteiger partial charge on any atom is 0.420 e. The van der Waals surface area contributed by atoms with Gasteiger partial charge in [0.1, 0.15) is 5.75 Å². The molecule has 0 saturated heterocycles. The van der Waals surface area contributed by atoms with E-state index in [9.17, 15) is 23.1 Å². The van der Waals surface area contributed by atoms with Gasteiger partial charge in [0.15, 0.2) is 16.7 Å². The topological polar surface area (TPSA) is 104 Å². The summed E-state index contributed by atoms with van der Waals surface area (Å²) in [7, 11) is 1.55. The third kappa shape index (κ3) is 5.60. The van der Waals surface area contributed by atoms with Crippen molar-refractivity contribution in [2.75, 3.05) is 20.3 Å². The average Bonchev–Trinajstić information content (AvgIpc) is 3.08. The molecule has 7 nitrogen and oxygen atoms in total. The van der Waals surface area contributed by atoms with Gasteiger partial charge in [-0.2, -0.15) is 23.4 Å². The zero-order valence-electron chi connectivity index (χ0n) is 16.6. The van der Waals surface area contributed by atoms with E-state index in [0.717, 1.165) is 17.8 Å². The third-order valence-electron chi connectivity index (χ3n) is 4.12. The van der Waals surface area contributed by atoms with Gasteiger partial charge in [0.2, 0.25) is 0 Å². The van der Waals surface area contributed by atoms with Crippen LogP contribution in [-0.2, 0) is 15.7 Å². The number of phenolic OH excluding ortho intramolecular Hbond substituents is 1. The Morgan fingerprint density at radius 2 is 2.00 bits per heavy atom. The van der Waals surface area contributed by atoms with Gasteiger partial charge in [0.25, 0.3) is 5.91 Å². The minimum Gasteiger partial charge on any atom is -0.504 e. The molecule has 0 aliphatic carbocycles. The second kappa shape index (κ2) is 9.76. The van der Waals surface area contributed by atoms with E-state index in [1.165, 1.54) is 30.3 Å². The monoisotopic (exact) mass is 463 g/mol. The molecule has 11 heteroatoms. The summed E-state index contributed by atoms with van der Waals surface area (Å²) in [5.41, 5.74) is -0.886. The fourth-order valence-electron chi connectivity index (χ4n) is 2.64. The van der Waals surface area contributed by atoms with Crippen LogP contribution in [0.3, 0.4) is 0 Å². The van der Waals surface area contributed by atoms with Crippen molar-refractivity contribution in [2.45, 2.75) is 6.18 Å². The number of amidine groups is 1. The van der Waals surface area contributed by atoms with Crippen molar-refractivity contribution >= 4 is 28.9 Å². The lowest BCUT2D eigenvalue weighted by Gasteiger charge is -2.15. The standard InChI is InChI=1S/C21H16F3N3O4S/c1-30-7-6-26-20-27-19(29)18(32-20)10-12-2-5-17(15(28)9-12)31-16-4-3-13(11-25)8-14(16)21(22,23)24/h2-5,8-10,28H,6-7H2,1H3,(H,26,27,29)/b18-10-. The quantitative estimate of drug-likeness (QED) is 0.487. The fraction of sp³-hybridized carbons (Fsp3) is 0.190. The number of phenols is 1. The number of benzene rings is 2. The molecule has 0 atom stereocenters. The van der Waals surface area contributed by atoms with Crippen LogP contribution in [0.1, 0.15) is 16.7 Å². The highest BCUT2D eigenvalue weighted by Crippen LogP contribution is 2.41. The number of carbonyl (C=O) groups excluding carboxylic acids is 1. The molecule has 0 spiro atoms. The molecule has 0 fully saturated rings. The Balaban J connectivity index is 1.78. The largest absolute Gasteiger partial charge is 0.504 e. The van der Waals surface area contributed by atoms with E-state index in [1.807, 2.05) is 0 Å². The maximum absolute atomic E-state index is 13.3. The molecule has 2 N–H and O–H groups in total. The van der Waals surface area contributed by atoms with Gasteiger partial charge >= 0.3 is 6.18 Å². The Kier molecular flexibility index (Phi) is 7.07. The Morgan fingerprint density at radius 3 is 2.66 bits per heavy atom. The molecule has 0 bridgehead atoms. The van der Waals surface area contributed by atoms with Crippen molar-refractivity contribution in [3.05, 3.63) is 58.0 Å². The highest BCUT2D eigenvalue weighted by atomic mass is 32.2. The summed E-state index contributed by atoms with van der Waals surface area (Å²) in [5.74, 6) is -1.65. The van der Waals surface area contributed by atoms with E-state index < -0.39 is 29.1 Å². The van der Waals surface area contributed by atoms with E-state index in [0.29, 0.717) is 34.9 Å². The summed E-state index contributed by atoms with van der Waals surface area (Å²) < 4.78 is 50.1. The number of hydrogen-bond acceptors (Lipinski definition) is 7. The number of halogens is 3. The number of nitrogens with one attached hydrogen (secondary N) is 1. The summed E-state index contributed by atoms with van der Waals surface area (Å²) >= 11 is 1.12. The number of nitriles is 1. The Hall–Kier alpha value is -3.49. The number of aliphatic imine (C=N–C) groups is 1. The Labute approximate surface area is 185 Å². The molecule has 1 heterocycles. The lowest BCUT2D eigenvalue weighted by atomic mass is 10.1. The van der Waals surface area contributed by atoms with Crippen LogP contribution in [0.25, 0.3) is 6.08 Å². The zero-order chi connectivity index (χ0) is 23.3. The van der Waals surface area contributed by atoms with E-state index in [-0.39, 0.29) is 11.3 Å². The minimum atomic E-state index is -4.75. The smallest absolute Gasteiger partial charge is 0.420 e. The Bertz CT molecular complexity index is 1140. The molecule has 2 aromatic rings. The van der Waals surface area contributed by atoms with Gasteiger partial charge in [0, 0.05) is 13.7 Å². The maximum atomic E-state index is 13.3. The second-order valence-electron chi connectivity index (χ2n) is 6.40. The summed E-state index contributed by atoms with van der Waals surface area (Å²) in [6.07, 6.45) is -3.26. The molecule has 1 aliphatic rings. The predicted molar refractivity (Wildman–Crippen MR) is 112 cm³/mol. The summed E-state index contributed by atoms with van der Waals surface area (Å²) in [6.45, 7) is 0.919. The molecule has 1 aliphatic heterocycles. The number of rotatable bonds is 6. The first-order chi connectivity index (χ1) is 15.2. The van der Waals surface area contributed by atoms with E-state index in [4.69, 9.17) is 14.7 Å². The molecule has 32 heavy (non-hydrogen) atoms. The minimum absolute atomic E-state index is 0.173. The Morgan fingerprint density at radius 1 is 1.25 bits per heavy atom. The van der Waals surface area contributed by atoms with Crippen molar-refractivity contribution in [1.29, 1.82) is 5.26 Å². The third-order valence-corrected chi connectivity index (χ3v) is 5.06. The number of methoxy groups -OCH3 is 1. The van der Waals surface area contributed by atoms with Crippen LogP contribution in [0.15, 0.2) is 46.3 Å². The van der Waals surface area contributed by atoms with Crippen molar-refractivity contribution in [3.8, 4) is 23.3 Å². The first kappa shape index (κ1) is 23.2. The molecule has 0 aromatic heterocycles. The van der Waals surface area contributed by atoms with Gasteiger partial charge < -0.3 is 19.9 Å². The van der Waals surface area contributed by atoms with Crippen LogP contribution in [0.4, 0.5) is 13.2 Å². The first-order valence-electron chi connectivity index (χ1n) is 9.09. The molecule has 0 radical (unpaired) electrons. The number of amides is 1. The second-order valence-corrected chi connectivity index (χ2v) is 7.43. The van der Waals surface area contributed by atoms with Crippen molar-refractivity contribution < 1.29 is 32.5 Å². The van der Waals surface area contributed by atoms with Gasteiger partial charge in [-0.1, -0.05) is 6.07 Å². The summed E-state index contributed by atoms with van der Waals surface area (Å²) in [5, 5.41) is 22.5. The van der Waals surface area contributed by atoms with Gasteiger partial charge in [-0.15, -0.1) is 0 Å². The molecule has 1 amide bonds. The van der Waals surface area contributed by atoms with Crippen molar-refractivity contribution in [2.24, 2.45) is 4.99 Å². The fourth-order valence-corrected chi connectivity index (χ4v) is 3.47. The molecular weight excluding hydrogens is 447 g/mol. The highest BCUT2D eigenvalue weighted by molar-refractivity contribution is 8.18. The lowest BCUT2D eigenvalue weighted by Crippen LogP contribution is -2.23. The normalized spacial score (nSPS) is 14.9. The van der Waals surface area contributed by atoms with Gasteiger partial charge in [-0.25, -0.2) is 0 Å². The molecule has 0 unspecified atom stereocenters. The van der Waals surface area contributed by atoms with E-state index >= 15 is 0 Å². The van der Waals surface area contributed by atoms with Crippen molar-refractivity contribution in [3.63, 3.8) is 0 Å². The van der Waals surface area contributed by atoms with Crippen LogP contribution in [-0.4, -0.2) is 36.4 Å². The summed E-state index contributed by atoms with van der Waals surface area (Å²) in [6, 6.07) is 8.52. The number of thioether (sulfide) groups is 1. The highest BCUT2D eigenvalue weighted by Gasteiger charge is 2.35. The molecular formula is C21H16F3N3O4S. The number of nitrogens with zero attached hydrogens (tertiary/aromatic N) is 2. The lowest BCUT2D eigenvalue weighted by molar-refractivity contribution is -0.138. The number of alkyl halides is 3. The molecule has 166 valence electrons. The van der Waals surface area contributed by atoms with E-state index in [1.54, 1.807) is 13.2 Å². The van der Waals surface area contributed by atoms with Gasteiger partial charge in [-0.3, -0.25) is 4.79 Å². The molecule has 3 rings (SSSR count). The van der Waals surface area contributed by atoms with Crippen LogP contribution >= 0.6 is 11.8 Å². The number of hydrogen-bond donors (Lipinski definition) is 2. The van der Waals surface area contributed by atoms with Crippen LogP contribution < -0.4 is 10.1 Å². The van der Waals surface area contributed by atoms with E-state index in [2.05, 4.69) is 10.3 Å². The molecule has 2 aromatic carbocycles. The SMILES string of the molecule is COCCNC1=NC(=O)/C(=C/c2ccc(Oc3ccc(C#N)cc3C(F)(F)F)c(O)c2)S1. The number of carbonyl (C=O) groups is 1. The van der Waals surface area contributed by atoms with Gasteiger partial charge in [0.05, 0.1) is 28.7 Å². The number of ether oxygens (including phenoxy) is 2. The zero-order valence-corrected chi connectivity index (χ0v) is 17.4. The predicted octanol–water partition coefficient (Wildman–Crippen LogP) is 4.28. The van der Waals surface area contributed by atoms with Crippen molar-refractivity contribution in [1.82, 2.24) is 5.32 Å². The van der Waals surface area contributed by atoms with Gasteiger partial charge in [-0.05, 0) is 53.7 Å². The van der Waals surface area contributed by atoms with Crippen LogP contribution in [0, 0.1) is 11.3 Å². The first-order valence-corrected chi connectivity index (χ1v) is 9.90. The molecule has 0 saturated carbocycles. The van der Waals surface area contributed by atoms with Crippen LogP contribution in [0.5, 0.6) is 17.2 Å².